The number of aromatic nitrogens is 1. The summed E-state index contributed by atoms with van der Waals surface area (Å²) in [4.78, 5) is 6.75. The van der Waals surface area contributed by atoms with Gasteiger partial charge in [-0.25, -0.2) is 4.98 Å². The Labute approximate surface area is 146 Å². The van der Waals surface area contributed by atoms with Gasteiger partial charge in [0.2, 0.25) is 0 Å². The van der Waals surface area contributed by atoms with Gasteiger partial charge in [0, 0.05) is 18.0 Å². The van der Waals surface area contributed by atoms with Crippen molar-refractivity contribution in [2.24, 2.45) is 0 Å². The molecule has 0 atom stereocenters. The monoisotopic (exact) mass is 345 g/mol. The molecule has 1 fully saturated rings. The summed E-state index contributed by atoms with van der Waals surface area (Å²) in [6, 6.07) is 7.17. The maximum Gasteiger partial charge on any atom is 0.163 e. The summed E-state index contributed by atoms with van der Waals surface area (Å²) in [6.45, 7) is 4.06. The van der Waals surface area contributed by atoms with Crippen LogP contribution in [-0.2, 0) is 0 Å². The highest BCUT2D eigenvalue weighted by atomic mass is 35.5. The highest BCUT2D eigenvalue weighted by molar-refractivity contribution is 6.35. The number of methoxy groups -OCH3 is 1. The maximum atomic E-state index is 9.04. The zero-order valence-corrected chi connectivity index (χ0v) is 14.5. The third-order valence-corrected chi connectivity index (χ3v) is 4.55. The first-order valence-electron chi connectivity index (χ1n) is 8.15. The first-order valence-corrected chi connectivity index (χ1v) is 8.52. The van der Waals surface area contributed by atoms with Crippen molar-refractivity contribution in [3.05, 3.63) is 28.9 Å². The molecule has 0 saturated carbocycles. The largest absolute Gasteiger partial charge is 0.493 e. The van der Waals surface area contributed by atoms with Crippen LogP contribution in [-0.4, -0.2) is 43.2 Å². The Morgan fingerprint density at radius 3 is 2.75 bits per heavy atom. The minimum absolute atomic E-state index is 0.289. The molecule has 0 N–H and O–H groups in total. The van der Waals surface area contributed by atoms with Crippen LogP contribution in [0.15, 0.2) is 18.2 Å². The van der Waals surface area contributed by atoms with Crippen molar-refractivity contribution in [3.63, 3.8) is 0 Å². The Bertz CT molecular complexity index is 767. The number of hydrogen-bond acceptors (Lipinski definition) is 5. The fraction of sp³-hybridized carbons (Fsp3) is 0.444. The van der Waals surface area contributed by atoms with Gasteiger partial charge in [0.05, 0.1) is 24.3 Å². The van der Waals surface area contributed by atoms with E-state index < -0.39 is 0 Å². The van der Waals surface area contributed by atoms with Crippen molar-refractivity contribution in [1.29, 1.82) is 5.26 Å². The molecule has 1 saturated heterocycles. The molecule has 1 aromatic carbocycles. The highest BCUT2D eigenvalue weighted by Gasteiger charge is 2.13. The van der Waals surface area contributed by atoms with Gasteiger partial charge >= 0.3 is 0 Å². The molecule has 1 aliphatic rings. The molecule has 0 aliphatic carbocycles. The predicted molar refractivity (Wildman–Crippen MR) is 93.8 cm³/mol. The molecule has 126 valence electrons. The minimum atomic E-state index is 0.289. The van der Waals surface area contributed by atoms with Gasteiger partial charge in [0.15, 0.2) is 11.5 Å². The van der Waals surface area contributed by atoms with Gasteiger partial charge in [-0.05, 0) is 44.5 Å². The van der Waals surface area contributed by atoms with E-state index in [9.17, 15) is 0 Å². The Kier molecular flexibility index (Phi) is 5.39. The number of pyridine rings is 1. The smallest absolute Gasteiger partial charge is 0.163 e. The minimum Gasteiger partial charge on any atom is -0.493 e. The molecule has 1 aromatic heterocycles. The van der Waals surface area contributed by atoms with Crippen molar-refractivity contribution in [3.8, 4) is 17.6 Å². The van der Waals surface area contributed by atoms with Gasteiger partial charge in [0.25, 0.3) is 0 Å². The molecule has 0 unspecified atom stereocenters. The number of hydrogen-bond donors (Lipinski definition) is 0. The SMILES string of the molecule is COc1cc2c(Cl)cc(C#N)nc2cc1OCCCN1CCCC1. The van der Waals surface area contributed by atoms with E-state index in [0.29, 0.717) is 28.6 Å². The van der Waals surface area contributed by atoms with Crippen LogP contribution in [0.3, 0.4) is 0 Å². The molecule has 2 aromatic rings. The molecule has 2 heterocycles. The van der Waals surface area contributed by atoms with Crippen molar-refractivity contribution < 1.29 is 9.47 Å². The van der Waals surface area contributed by atoms with Crippen LogP contribution in [0.4, 0.5) is 0 Å². The van der Waals surface area contributed by atoms with E-state index in [1.165, 1.54) is 25.9 Å². The van der Waals surface area contributed by atoms with Crippen LogP contribution in [0.5, 0.6) is 11.5 Å². The molecule has 24 heavy (non-hydrogen) atoms. The average molecular weight is 346 g/mol. The van der Waals surface area contributed by atoms with E-state index in [-0.39, 0.29) is 5.69 Å². The molecule has 0 amide bonds. The van der Waals surface area contributed by atoms with E-state index in [1.54, 1.807) is 19.2 Å². The molecule has 5 nitrogen and oxygen atoms in total. The molecular weight excluding hydrogens is 326 g/mol. The summed E-state index contributed by atoms with van der Waals surface area (Å²) in [5, 5.41) is 10.3. The zero-order chi connectivity index (χ0) is 16.9. The molecule has 6 heteroatoms. The molecule has 0 spiro atoms. The van der Waals surface area contributed by atoms with Crippen LogP contribution in [0, 0.1) is 11.3 Å². The second kappa shape index (κ2) is 7.69. The fourth-order valence-corrected chi connectivity index (χ4v) is 3.25. The van der Waals surface area contributed by atoms with Gasteiger partial charge in [0.1, 0.15) is 11.8 Å². The number of nitriles is 1. The topological polar surface area (TPSA) is 58.4 Å². The van der Waals surface area contributed by atoms with Crippen molar-refractivity contribution in [2.45, 2.75) is 19.3 Å². The standard InChI is InChI=1S/C18H20ClN3O2/c1-23-17-10-14-15(19)9-13(12-20)21-16(14)11-18(17)24-8-4-7-22-5-2-3-6-22/h9-11H,2-8H2,1H3. The van der Waals surface area contributed by atoms with Crippen LogP contribution < -0.4 is 9.47 Å². The lowest BCUT2D eigenvalue weighted by Crippen LogP contribution is -2.21. The maximum absolute atomic E-state index is 9.04. The molecule has 1 aliphatic heterocycles. The molecule has 3 rings (SSSR count). The molecular formula is C18H20ClN3O2. The first kappa shape index (κ1) is 16.8. The molecule has 0 radical (unpaired) electrons. The van der Waals surface area contributed by atoms with E-state index in [1.807, 2.05) is 12.1 Å². The number of halogens is 1. The van der Waals surface area contributed by atoms with Crippen molar-refractivity contribution in [1.82, 2.24) is 9.88 Å². The lowest BCUT2D eigenvalue weighted by atomic mass is 10.1. The number of benzene rings is 1. The summed E-state index contributed by atoms with van der Waals surface area (Å²) in [5.41, 5.74) is 0.923. The number of fused-ring (bicyclic) bond motifs is 1. The molecule has 0 bridgehead atoms. The summed E-state index contributed by atoms with van der Waals surface area (Å²) >= 11 is 6.23. The Morgan fingerprint density at radius 2 is 2.04 bits per heavy atom. The Balaban J connectivity index is 1.74. The predicted octanol–water partition coefficient (Wildman–Crippen LogP) is 3.63. The van der Waals surface area contributed by atoms with Gasteiger partial charge in [-0.1, -0.05) is 11.6 Å². The first-order chi connectivity index (χ1) is 11.7. The van der Waals surface area contributed by atoms with E-state index in [0.717, 1.165) is 18.4 Å². The van der Waals surface area contributed by atoms with Crippen LogP contribution in [0.1, 0.15) is 25.0 Å². The zero-order valence-electron chi connectivity index (χ0n) is 13.7. The normalized spacial score (nSPS) is 14.7. The summed E-state index contributed by atoms with van der Waals surface area (Å²) in [5.74, 6) is 1.25. The van der Waals surface area contributed by atoms with Gasteiger partial charge in [-0.15, -0.1) is 0 Å². The second-order valence-electron chi connectivity index (χ2n) is 5.87. The average Bonchev–Trinajstić information content (AvgIpc) is 3.11. The van der Waals surface area contributed by atoms with Crippen LogP contribution in [0.2, 0.25) is 5.02 Å². The van der Waals surface area contributed by atoms with Crippen LogP contribution in [0.25, 0.3) is 10.9 Å². The number of ether oxygens (including phenoxy) is 2. The second-order valence-corrected chi connectivity index (χ2v) is 6.28. The fourth-order valence-electron chi connectivity index (χ4n) is 3.00. The van der Waals surface area contributed by atoms with E-state index in [4.69, 9.17) is 26.3 Å². The third-order valence-electron chi connectivity index (χ3n) is 4.23. The quantitative estimate of drug-likeness (QED) is 0.748. The summed E-state index contributed by atoms with van der Waals surface area (Å²) < 4.78 is 11.3. The van der Waals surface area contributed by atoms with E-state index >= 15 is 0 Å². The highest BCUT2D eigenvalue weighted by Crippen LogP contribution is 2.35. The van der Waals surface area contributed by atoms with Gasteiger partial charge < -0.3 is 14.4 Å². The van der Waals surface area contributed by atoms with Gasteiger partial charge in [-0.2, -0.15) is 5.26 Å². The lowest BCUT2D eigenvalue weighted by molar-refractivity contribution is 0.254. The Hall–Kier alpha value is -2.03. The third kappa shape index (κ3) is 3.72. The van der Waals surface area contributed by atoms with Gasteiger partial charge in [-0.3, -0.25) is 0 Å². The number of likely N-dealkylation sites (tertiary alicyclic amines) is 1. The summed E-state index contributed by atoms with van der Waals surface area (Å²) in [7, 11) is 1.60. The lowest BCUT2D eigenvalue weighted by Gasteiger charge is -2.16. The van der Waals surface area contributed by atoms with Crippen LogP contribution >= 0.6 is 11.6 Å². The Morgan fingerprint density at radius 1 is 1.25 bits per heavy atom. The van der Waals surface area contributed by atoms with Crippen molar-refractivity contribution >= 4 is 22.5 Å². The number of nitrogens with zero attached hydrogens (tertiary/aromatic N) is 3. The van der Waals surface area contributed by atoms with Crippen molar-refractivity contribution in [2.75, 3.05) is 33.4 Å². The van der Waals surface area contributed by atoms with E-state index in [2.05, 4.69) is 9.88 Å². The summed E-state index contributed by atoms with van der Waals surface area (Å²) in [6.07, 6.45) is 3.56. The number of rotatable bonds is 6.